The van der Waals surface area contributed by atoms with Crippen LogP contribution in [0.2, 0.25) is 10.0 Å². The monoisotopic (exact) mass is 340 g/mol. The molecule has 0 N–H and O–H groups in total. The fraction of sp³-hybridized carbons (Fsp3) is 0.333. The molecule has 0 saturated carbocycles. The number of benzene rings is 1. The van der Waals surface area contributed by atoms with E-state index in [-0.39, 0.29) is 5.82 Å². The highest BCUT2D eigenvalue weighted by atomic mass is 35.5. The van der Waals surface area contributed by atoms with Crippen LogP contribution in [-0.4, -0.2) is 41.0 Å². The van der Waals surface area contributed by atoms with Crippen molar-refractivity contribution < 1.29 is 4.39 Å². The summed E-state index contributed by atoms with van der Waals surface area (Å²) in [6.45, 7) is 4.11. The summed E-state index contributed by atoms with van der Waals surface area (Å²) in [6, 6.07) is 4.54. The highest BCUT2D eigenvalue weighted by Crippen LogP contribution is 2.24. The molecule has 0 amide bonds. The topological polar surface area (TPSA) is 32.3 Å². The van der Waals surface area contributed by atoms with Gasteiger partial charge >= 0.3 is 0 Å². The normalized spacial score (nSPS) is 16.0. The van der Waals surface area contributed by atoms with Crippen molar-refractivity contribution in [3.8, 4) is 0 Å². The molecule has 22 heavy (non-hydrogen) atoms. The molecule has 0 radical (unpaired) electrons. The number of aromatic nitrogens is 2. The minimum Gasteiger partial charge on any atom is -0.353 e. The Morgan fingerprint density at radius 3 is 2.55 bits per heavy atom. The maximum absolute atomic E-state index is 13.1. The lowest BCUT2D eigenvalue weighted by molar-refractivity contribution is 0.249. The van der Waals surface area contributed by atoms with Crippen LogP contribution in [0, 0.1) is 5.82 Å². The van der Waals surface area contributed by atoms with Gasteiger partial charge in [0, 0.05) is 37.7 Å². The van der Waals surface area contributed by atoms with Gasteiger partial charge in [0.1, 0.15) is 17.2 Å². The van der Waals surface area contributed by atoms with Crippen molar-refractivity contribution in [1.29, 1.82) is 0 Å². The van der Waals surface area contributed by atoms with E-state index in [1.807, 2.05) is 0 Å². The molecule has 1 aliphatic rings. The van der Waals surface area contributed by atoms with Crippen molar-refractivity contribution in [3.05, 3.63) is 52.1 Å². The Morgan fingerprint density at radius 1 is 1.09 bits per heavy atom. The molecule has 0 spiro atoms. The first kappa shape index (κ1) is 15.5. The predicted molar refractivity (Wildman–Crippen MR) is 85.9 cm³/mol. The summed E-state index contributed by atoms with van der Waals surface area (Å²) >= 11 is 12.2. The quantitative estimate of drug-likeness (QED) is 0.858. The van der Waals surface area contributed by atoms with Crippen LogP contribution in [0.25, 0.3) is 0 Å². The molecule has 2 aromatic rings. The fourth-order valence-corrected chi connectivity index (χ4v) is 3.00. The van der Waals surface area contributed by atoms with E-state index in [9.17, 15) is 4.39 Å². The highest BCUT2D eigenvalue weighted by molar-refractivity contribution is 6.32. The Balaban J connectivity index is 1.61. The highest BCUT2D eigenvalue weighted by Gasteiger charge is 2.20. The van der Waals surface area contributed by atoms with Crippen molar-refractivity contribution in [2.45, 2.75) is 6.54 Å². The Morgan fingerprint density at radius 2 is 1.86 bits per heavy atom. The van der Waals surface area contributed by atoms with Crippen LogP contribution in [-0.2, 0) is 6.54 Å². The Kier molecular flexibility index (Phi) is 4.76. The number of anilines is 1. The number of rotatable bonds is 3. The van der Waals surface area contributed by atoms with Crippen molar-refractivity contribution in [3.63, 3.8) is 0 Å². The van der Waals surface area contributed by atoms with Gasteiger partial charge in [-0.25, -0.2) is 14.4 Å². The first-order valence-corrected chi connectivity index (χ1v) is 7.76. The maximum atomic E-state index is 13.1. The van der Waals surface area contributed by atoms with Gasteiger partial charge in [0.2, 0.25) is 0 Å². The van der Waals surface area contributed by atoms with E-state index in [0.717, 1.165) is 37.6 Å². The molecule has 1 fully saturated rings. The summed E-state index contributed by atoms with van der Waals surface area (Å²) in [7, 11) is 0. The maximum Gasteiger partial charge on any atom is 0.150 e. The first-order valence-electron chi connectivity index (χ1n) is 7.00. The van der Waals surface area contributed by atoms with E-state index < -0.39 is 0 Å². The molecule has 1 saturated heterocycles. The molecule has 0 unspecified atom stereocenters. The van der Waals surface area contributed by atoms with Gasteiger partial charge in [0.05, 0.1) is 6.20 Å². The van der Waals surface area contributed by atoms with E-state index in [1.54, 1.807) is 12.3 Å². The van der Waals surface area contributed by atoms with Gasteiger partial charge in [-0.15, -0.1) is 0 Å². The van der Waals surface area contributed by atoms with Crippen LogP contribution in [0.5, 0.6) is 0 Å². The third-order valence-corrected chi connectivity index (χ3v) is 4.35. The van der Waals surface area contributed by atoms with E-state index in [0.29, 0.717) is 16.6 Å². The fourth-order valence-electron chi connectivity index (χ4n) is 2.55. The molecule has 0 bridgehead atoms. The van der Waals surface area contributed by atoms with Crippen LogP contribution in [0.15, 0.2) is 30.7 Å². The van der Waals surface area contributed by atoms with Crippen molar-refractivity contribution in [1.82, 2.24) is 14.9 Å². The van der Waals surface area contributed by atoms with E-state index in [4.69, 9.17) is 23.2 Å². The Hall–Kier alpha value is -1.43. The van der Waals surface area contributed by atoms with Crippen molar-refractivity contribution in [2.24, 2.45) is 0 Å². The average molecular weight is 341 g/mol. The molecular weight excluding hydrogens is 326 g/mol. The van der Waals surface area contributed by atoms with Gasteiger partial charge in [0.15, 0.2) is 5.82 Å². The van der Waals surface area contributed by atoms with Gasteiger partial charge in [-0.2, -0.15) is 0 Å². The van der Waals surface area contributed by atoms with Crippen molar-refractivity contribution in [2.75, 3.05) is 31.1 Å². The average Bonchev–Trinajstić information content (AvgIpc) is 2.51. The Labute approximate surface area is 138 Å². The number of piperazine rings is 1. The lowest BCUT2D eigenvalue weighted by Crippen LogP contribution is -2.46. The molecule has 1 aliphatic heterocycles. The zero-order chi connectivity index (χ0) is 15.5. The van der Waals surface area contributed by atoms with E-state index >= 15 is 0 Å². The summed E-state index contributed by atoms with van der Waals surface area (Å²) in [6.07, 6.45) is 3.11. The third kappa shape index (κ3) is 3.48. The SMILES string of the molecule is Fc1ccc(CN2CCN(c3ncncc3Cl)CC2)c(Cl)c1. The molecule has 0 aliphatic carbocycles. The lowest BCUT2D eigenvalue weighted by atomic mass is 10.2. The van der Waals surface area contributed by atoms with E-state index in [1.165, 1.54) is 18.5 Å². The predicted octanol–water partition coefficient (Wildman–Crippen LogP) is 3.24. The minimum absolute atomic E-state index is 0.308. The first-order chi connectivity index (χ1) is 10.6. The number of hydrogen-bond donors (Lipinski definition) is 0. The summed E-state index contributed by atoms with van der Waals surface area (Å²) in [5.74, 6) is 0.466. The molecule has 0 atom stereocenters. The van der Waals surface area contributed by atoms with Crippen LogP contribution >= 0.6 is 23.2 Å². The standard InChI is InChI=1S/C15H15Cl2FN4/c16-13-7-12(18)2-1-11(13)9-21-3-5-22(6-4-21)15-14(17)8-19-10-20-15/h1-2,7-8,10H,3-6,9H2. The smallest absolute Gasteiger partial charge is 0.150 e. The van der Waals surface area contributed by atoms with Crippen LogP contribution in [0.1, 0.15) is 5.56 Å². The van der Waals surface area contributed by atoms with Crippen LogP contribution in [0.4, 0.5) is 10.2 Å². The molecule has 1 aromatic carbocycles. The largest absolute Gasteiger partial charge is 0.353 e. The van der Waals surface area contributed by atoms with Crippen molar-refractivity contribution >= 4 is 29.0 Å². The second kappa shape index (κ2) is 6.77. The summed E-state index contributed by atoms with van der Waals surface area (Å²) in [5.41, 5.74) is 0.941. The second-order valence-electron chi connectivity index (χ2n) is 5.19. The van der Waals surface area contributed by atoms with Gasteiger partial charge in [-0.05, 0) is 17.7 Å². The molecule has 1 aromatic heterocycles. The zero-order valence-corrected chi connectivity index (χ0v) is 13.4. The molecule has 116 valence electrons. The molecule has 3 rings (SSSR count). The van der Waals surface area contributed by atoms with Gasteiger partial charge < -0.3 is 4.90 Å². The van der Waals surface area contributed by atoms with Gasteiger partial charge in [-0.1, -0.05) is 29.3 Å². The Bertz CT molecular complexity index is 660. The van der Waals surface area contributed by atoms with Gasteiger partial charge in [-0.3, -0.25) is 4.90 Å². The minimum atomic E-state index is -0.308. The van der Waals surface area contributed by atoms with Crippen LogP contribution in [0.3, 0.4) is 0 Å². The van der Waals surface area contributed by atoms with Gasteiger partial charge in [0.25, 0.3) is 0 Å². The summed E-state index contributed by atoms with van der Waals surface area (Å²) in [5, 5.41) is 1.04. The molecule has 7 heteroatoms. The van der Waals surface area contributed by atoms with E-state index in [2.05, 4.69) is 19.8 Å². The second-order valence-corrected chi connectivity index (χ2v) is 6.01. The summed E-state index contributed by atoms with van der Waals surface area (Å²) in [4.78, 5) is 12.6. The number of nitrogens with zero attached hydrogens (tertiary/aromatic N) is 4. The third-order valence-electron chi connectivity index (χ3n) is 3.73. The number of halogens is 3. The molecule has 2 heterocycles. The molecule has 4 nitrogen and oxygen atoms in total. The summed E-state index contributed by atoms with van der Waals surface area (Å²) < 4.78 is 13.1. The molecular formula is C15H15Cl2FN4. The number of hydrogen-bond acceptors (Lipinski definition) is 4. The zero-order valence-electron chi connectivity index (χ0n) is 11.8. The lowest BCUT2D eigenvalue weighted by Gasteiger charge is -2.35. The van der Waals surface area contributed by atoms with Crippen LogP contribution < -0.4 is 4.90 Å².